The summed E-state index contributed by atoms with van der Waals surface area (Å²) in [5, 5.41) is 1.05. The third-order valence-corrected chi connectivity index (χ3v) is 5.30. The summed E-state index contributed by atoms with van der Waals surface area (Å²) in [6.07, 6.45) is 0. The predicted octanol–water partition coefficient (Wildman–Crippen LogP) is 2.91. The van der Waals surface area contributed by atoms with Crippen LogP contribution in [0.5, 0.6) is 17.2 Å². The largest absolute Gasteiger partial charge is 0.494 e. The molecule has 3 aromatic rings. The number of aromatic nitrogens is 1. The number of carbonyl (C=O) groups is 1. The number of amides is 1. The minimum atomic E-state index is -0.361. The van der Waals surface area contributed by atoms with Crippen LogP contribution in [0, 0.1) is 6.92 Å². The van der Waals surface area contributed by atoms with Crippen LogP contribution in [0.1, 0.15) is 11.1 Å². The number of methoxy groups -OCH3 is 2. The van der Waals surface area contributed by atoms with E-state index in [0.29, 0.717) is 31.2 Å². The number of primary amides is 1. The average molecular weight is 407 g/mol. The highest BCUT2D eigenvalue weighted by molar-refractivity contribution is 5.89. The average Bonchev–Trinajstić information content (AvgIpc) is 2.93. The van der Waals surface area contributed by atoms with Gasteiger partial charge in [0.2, 0.25) is 5.91 Å². The number of carbonyl (C=O) groups excluding carboxylic acids is 1. The van der Waals surface area contributed by atoms with Crippen LogP contribution in [0.4, 0.5) is 0 Å². The van der Waals surface area contributed by atoms with E-state index in [2.05, 4.69) is 13.0 Å². The van der Waals surface area contributed by atoms with Crippen molar-refractivity contribution in [1.82, 2.24) is 9.88 Å². The van der Waals surface area contributed by atoms with E-state index in [1.807, 2.05) is 35.2 Å². The molecule has 0 radical (unpaired) electrons. The van der Waals surface area contributed by atoms with Crippen LogP contribution < -0.4 is 19.9 Å². The number of aryl methyl sites for hydroxylation is 1. The van der Waals surface area contributed by atoms with Crippen molar-refractivity contribution < 1.29 is 19.0 Å². The second-order valence-electron chi connectivity index (χ2n) is 7.37. The van der Waals surface area contributed by atoms with E-state index >= 15 is 0 Å². The van der Waals surface area contributed by atoms with Crippen molar-refractivity contribution in [1.29, 1.82) is 0 Å². The molecule has 0 spiro atoms. The van der Waals surface area contributed by atoms with Crippen LogP contribution in [-0.2, 0) is 11.3 Å². The van der Waals surface area contributed by atoms with Crippen molar-refractivity contribution in [2.24, 2.45) is 5.73 Å². The van der Waals surface area contributed by atoms with Crippen LogP contribution in [0.15, 0.2) is 36.4 Å². The van der Waals surface area contributed by atoms with Crippen molar-refractivity contribution in [3.8, 4) is 28.5 Å². The van der Waals surface area contributed by atoms with E-state index in [1.54, 1.807) is 14.2 Å². The molecule has 0 aliphatic carbocycles. The fourth-order valence-electron chi connectivity index (χ4n) is 3.90. The monoisotopic (exact) mass is 407 g/mol. The van der Waals surface area contributed by atoms with Crippen LogP contribution in [0.2, 0.25) is 0 Å². The van der Waals surface area contributed by atoms with Crippen molar-refractivity contribution in [3.63, 3.8) is 0 Å². The van der Waals surface area contributed by atoms with E-state index < -0.39 is 0 Å². The number of hydrogen-bond donors (Lipinski definition) is 1. The van der Waals surface area contributed by atoms with Gasteiger partial charge in [-0.25, -0.2) is 4.98 Å². The van der Waals surface area contributed by atoms with E-state index in [9.17, 15) is 4.79 Å². The summed E-state index contributed by atoms with van der Waals surface area (Å²) in [6.45, 7) is 3.85. The highest BCUT2D eigenvalue weighted by Crippen LogP contribution is 2.39. The standard InChI is InChI=1S/C23H25N3O4/c1-14-9-18(25-22-17(14)5-4-6-19(22)28-2)15-10-16-12-26(13-21(24)27)7-8-30-23(16)20(11-15)29-3/h4-6,9-11H,7-8,12-13H2,1-3H3,(H2,24,27). The van der Waals surface area contributed by atoms with Crippen LogP contribution >= 0.6 is 0 Å². The van der Waals surface area contributed by atoms with Gasteiger partial charge in [-0.15, -0.1) is 0 Å². The minimum Gasteiger partial charge on any atom is -0.494 e. The molecule has 0 saturated heterocycles. The lowest BCUT2D eigenvalue weighted by atomic mass is 10.0. The third kappa shape index (κ3) is 3.76. The molecule has 0 unspecified atom stereocenters. The van der Waals surface area contributed by atoms with Gasteiger partial charge in [0, 0.05) is 29.6 Å². The van der Waals surface area contributed by atoms with Gasteiger partial charge in [-0.1, -0.05) is 12.1 Å². The van der Waals surface area contributed by atoms with Crippen LogP contribution in [-0.4, -0.2) is 49.7 Å². The fraction of sp³-hybridized carbons (Fsp3) is 0.304. The van der Waals surface area contributed by atoms with Gasteiger partial charge < -0.3 is 19.9 Å². The lowest BCUT2D eigenvalue weighted by Gasteiger charge is -2.18. The summed E-state index contributed by atoms with van der Waals surface area (Å²) in [4.78, 5) is 18.3. The van der Waals surface area contributed by atoms with Gasteiger partial charge in [0.1, 0.15) is 17.9 Å². The summed E-state index contributed by atoms with van der Waals surface area (Å²) >= 11 is 0. The first kappa shape index (κ1) is 20.0. The second-order valence-corrected chi connectivity index (χ2v) is 7.37. The maximum absolute atomic E-state index is 11.4. The molecule has 156 valence electrons. The summed E-state index contributed by atoms with van der Waals surface area (Å²) in [5.74, 6) is 1.71. The summed E-state index contributed by atoms with van der Waals surface area (Å²) in [5.41, 5.74) is 9.98. The molecule has 2 heterocycles. The first-order chi connectivity index (χ1) is 14.5. The van der Waals surface area contributed by atoms with Gasteiger partial charge in [-0.2, -0.15) is 0 Å². The van der Waals surface area contributed by atoms with Gasteiger partial charge in [0.25, 0.3) is 0 Å². The third-order valence-electron chi connectivity index (χ3n) is 5.30. The maximum Gasteiger partial charge on any atom is 0.231 e. The lowest BCUT2D eigenvalue weighted by molar-refractivity contribution is -0.119. The molecule has 2 N–H and O–H groups in total. The Bertz CT molecular complexity index is 1110. The Morgan fingerprint density at radius 1 is 1.20 bits per heavy atom. The Morgan fingerprint density at radius 3 is 2.73 bits per heavy atom. The fourth-order valence-corrected chi connectivity index (χ4v) is 3.90. The number of ether oxygens (including phenoxy) is 3. The predicted molar refractivity (Wildman–Crippen MR) is 115 cm³/mol. The molecule has 1 aromatic heterocycles. The quantitative estimate of drug-likeness (QED) is 0.700. The first-order valence-electron chi connectivity index (χ1n) is 9.79. The Hall–Kier alpha value is -3.32. The zero-order chi connectivity index (χ0) is 21.3. The number of hydrogen-bond acceptors (Lipinski definition) is 6. The summed E-state index contributed by atoms with van der Waals surface area (Å²) in [6, 6.07) is 11.9. The van der Waals surface area contributed by atoms with Crippen LogP contribution in [0.3, 0.4) is 0 Å². The number of para-hydroxylation sites is 1. The van der Waals surface area contributed by atoms with E-state index in [0.717, 1.165) is 39.0 Å². The Labute approximate surface area is 175 Å². The second kappa shape index (κ2) is 8.20. The molecule has 30 heavy (non-hydrogen) atoms. The molecule has 0 fully saturated rings. The Kier molecular flexibility index (Phi) is 5.46. The van der Waals surface area contributed by atoms with Crippen molar-refractivity contribution in [2.45, 2.75) is 13.5 Å². The van der Waals surface area contributed by atoms with Gasteiger partial charge in [-0.05, 0) is 36.8 Å². The van der Waals surface area contributed by atoms with Gasteiger partial charge in [0.15, 0.2) is 11.5 Å². The molecule has 0 bridgehead atoms. The molecular formula is C23H25N3O4. The normalized spacial score (nSPS) is 14.0. The number of rotatable bonds is 5. The highest BCUT2D eigenvalue weighted by atomic mass is 16.5. The minimum absolute atomic E-state index is 0.180. The molecule has 7 nitrogen and oxygen atoms in total. The molecule has 7 heteroatoms. The van der Waals surface area contributed by atoms with Crippen LogP contribution in [0.25, 0.3) is 22.2 Å². The SMILES string of the molecule is COc1cc(-c2cc(C)c3cccc(OC)c3n2)cc2c1OCCN(CC(N)=O)C2. The highest BCUT2D eigenvalue weighted by Gasteiger charge is 2.22. The van der Waals surface area contributed by atoms with Gasteiger partial charge in [-0.3, -0.25) is 9.69 Å². The van der Waals surface area contributed by atoms with E-state index in [4.69, 9.17) is 24.9 Å². The van der Waals surface area contributed by atoms with Crippen molar-refractivity contribution in [3.05, 3.63) is 47.5 Å². The summed E-state index contributed by atoms with van der Waals surface area (Å²) in [7, 11) is 3.27. The maximum atomic E-state index is 11.4. The van der Waals surface area contributed by atoms with Gasteiger partial charge >= 0.3 is 0 Å². The smallest absolute Gasteiger partial charge is 0.231 e. The molecule has 4 rings (SSSR count). The molecular weight excluding hydrogens is 382 g/mol. The number of nitrogens with two attached hydrogens (primary N) is 1. The molecule has 1 amide bonds. The number of fused-ring (bicyclic) bond motifs is 2. The zero-order valence-corrected chi connectivity index (χ0v) is 17.4. The van der Waals surface area contributed by atoms with Crippen molar-refractivity contribution >= 4 is 16.8 Å². The number of nitrogens with zero attached hydrogens (tertiary/aromatic N) is 2. The molecule has 0 saturated carbocycles. The van der Waals surface area contributed by atoms with Crippen molar-refractivity contribution in [2.75, 3.05) is 33.9 Å². The Balaban J connectivity index is 1.84. The number of pyridine rings is 1. The van der Waals surface area contributed by atoms with Gasteiger partial charge in [0.05, 0.1) is 26.5 Å². The zero-order valence-electron chi connectivity index (χ0n) is 17.4. The molecule has 2 aromatic carbocycles. The van der Waals surface area contributed by atoms with E-state index in [-0.39, 0.29) is 12.5 Å². The molecule has 0 atom stereocenters. The first-order valence-corrected chi connectivity index (χ1v) is 9.79. The molecule has 1 aliphatic heterocycles. The molecule has 1 aliphatic rings. The topological polar surface area (TPSA) is 86.9 Å². The number of benzene rings is 2. The van der Waals surface area contributed by atoms with E-state index in [1.165, 1.54) is 0 Å². The Morgan fingerprint density at radius 2 is 2.00 bits per heavy atom. The lowest BCUT2D eigenvalue weighted by Crippen LogP contribution is -2.34. The summed E-state index contributed by atoms with van der Waals surface area (Å²) < 4.78 is 17.1.